The highest BCUT2D eigenvalue weighted by Crippen LogP contribution is 2.25. The van der Waals surface area contributed by atoms with Crippen LogP contribution in [0, 0.1) is 0 Å². The number of aromatic nitrogens is 2. The largest absolute Gasteiger partial charge is 0.475 e. The van der Waals surface area contributed by atoms with Crippen LogP contribution in [0.2, 0.25) is 0 Å². The van der Waals surface area contributed by atoms with Gasteiger partial charge in [-0.15, -0.1) is 0 Å². The standard InChI is InChI=1S/C15H15N3O3/c1-18-10(6-7-17-18)8-16-9-12-11-4-2-3-5-13(11)21-14(12)15(19)20/h2-7,16H,8-9H2,1H3,(H,19,20). The second-order valence-corrected chi connectivity index (χ2v) is 4.76. The molecule has 3 rings (SSSR count). The molecule has 0 bridgehead atoms. The zero-order valence-corrected chi connectivity index (χ0v) is 11.5. The molecule has 0 amide bonds. The number of carbonyl (C=O) groups is 1. The summed E-state index contributed by atoms with van der Waals surface area (Å²) in [5, 5.41) is 17.4. The number of furan rings is 1. The minimum Gasteiger partial charge on any atom is -0.475 e. The normalized spacial score (nSPS) is 11.1. The summed E-state index contributed by atoms with van der Waals surface area (Å²) in [6, 6.07) is 9.25. The molecule has 0 aliphatic carbocycles. The van der Waals surface area contributed by atoms with Gasteiger partial charge in [0.25, 0.3) is 0 Å². The summed E-state index contributed by atoms with van der Waals surface area (Å²) >= 11 is 0. The molecule has 6 nitrogen and oxygen atoms in total. The lowest BCUT2D eigenvalue weighted by atomic mass is 10.1. The maximum absolute atomic E-state index is 11.3. The average molecular weight is 285 g/mol. The van der Waals surface area contributed by atoms with E-state index in [1.165, 1.54) is 0 Å². The van der Waals surface area contributed by atoms with Crippen LogP contribution in [0.4, 0.5) is 0 Å². The Bertz CT molecular complexity index is 788. The molecule has 108 valence electrons. The molecule has 21 heavy (non-hydrogen) atoms. The van der Waals surface area contributed by atoms with E-state index in [4.69, 9.17) is 4.42 Å². The van der Waals surface area contributed by atoms with Crippen LogP contribution in [0.25, 0.3) is 11.0 Å². The maximum atomic E-state index is 11.3. The first-order chi connectivity index (χ1) is 10.2. The number of nitrogens with zero attached hydrogens (tertiary/aromatic N) is 2. The van der Waals surface area contributed by atoms with Gasteiger partial charge in [0.05, 0.1) is 5.69 Å². The van der Waals surface area contributed by atoms with E-state index in [2.05, 4.69) is 10.4 Å². The Morgan fingerprint density at radius 1 is 1.33 bits per heavy atom. The lowest BCUT2D eigenvalue weighted by molar-refractivity contribution is 0.0663. The van der Waals surface area contributed by atoms with Gasteiger partial charge in [0.15, 0.2) is 0 Å². The Kier molecular flexibility index (Phi) is 3.45. The molecule has 6 heteroatoms. The second kappa shape index (κ2) is 5.41. The molecular formula is C15H15N3O3. The van der Waals surface area contributed by atoms with Crippen molar-refractivity contribution in [1.29, 1.82) is 0 Å². The molecule has 0 fully saturated rings. The van der Waals surface area contributed by atoms with E-state index in [1.807, 2.05) is 31.3 Å². The number of hydrogen-bond donors (Lipinski definition) is 2. The molecule has 1 aromatic carbocycles. The van der Waals surface area contributed by atoms with E-state index >= 15 is 0 Å². The number of rotatable bonds is 5. The fraction of sp³-hybridized carbons (Fsp3) is 0.200. The zero-order chi connectivity index (χ0) is 14.8. The van der Waals surface area contributed by atoms with Crippen molar-refractivity contribution in [2.75, 3.05) is 0 Å². The number of benzene rings is 1. The van der Waals surface area contributed by atoms with Crippen LogP contribution in [-0.2, 0) is 20.1 Å². The highest BCUT2D eigenvalue weighted by molar-refractivity contribution is 5.95. The highest BCUT2D eigenvalue weighted by atomic mass is 16.4. The Balaban J connectivity index is 1.84. The van der Waals surface area contributed by atoms with Crippen LogP contribution in [-0.4, -0.2) is 20.9 Å². The molecule has 0 unspecified atom stereocenters. The Hall–Kier alpha value is -2.60. The molecule has 2 aromatic heterocycles. The van der Waals surface area contributed by atoms with Gasteiger partial charge in [-0.2, -0.15) is 5.10 Å². The van der Waals surface area contributed by atoms with E-state index in [0.717, 1.165) is 11.1 Å². The number of para-hydroxylation sites is 1. The first-order valence-electron chi connectivity index (χ1n) is 6.58. The summed E-state index contributed by atoms with van der Waals surface area (Å²) in [6.07, 6.45) is 1.73. The highest BCUT2D eigenvalue weighted by Gasteiger charge is 2.19. The second-order valence-electron chi connectivity index (χ2n) is 4.76. The van der Waals surface area contributed by atoms with E-state index in [9.17, 15) is 9.90 Å². The lowest BCUT2D eigenvalue weighted by Gasteiger charge is -2.05. The maximum Gasteiger partial charge on any atom is 0.372 e. The Morgan fingerprint density at radius 2 is 2.14 bits per heavy atom. The summed E-state index contributed by atoms with van der Waals surface area (Å²) in [6.45, 7) is 1.03. The molecule has 0 saturated carbocycles. The quantitative estimate of drug-likeness (QED) is 0.751. The van der Waals surface area contributed by atoms with E-state index in [0.29, 0.717) is 24.2 Å². The molecular weight excluding hydrogens is 270 g/mol. The number of carboxylic acid groups (broad SMARTS) is 1. The van der Waals surface area contributed by atoms with E-state index in [1.54, 1.807) is 16.9 Å². The summed E-state index contributed by atoms with van der Waals surface area (Å²) < 4.78 is 7.19. The molecule has 2 heterocycles. The van der Waals surface area contributed by atoms with Crippen molar-refractivity contribution in [2.24, 2.45) is 7.05 Å². The summed E-state index contributed by atoms with van der Waals surface area (Å²) in [5.74, 6) is -1.06. The van der Waals surface area contributed by atoms with Crippen molar-refractivity contribution in [3.05, 3.63) is 53.5 Å². The number of fused-ring (bicyclic) bond motifs is 1. The van der Waals surface area contributed by atoms with E-state index < -0.39 is 5.97 Å². The minimum absolute atomic E-state index is 0.00583. The van der Waals surface area contributed by atoms with Gasteiger partial charge in [-0.1, -0.05) is 18.2 Å². The van der Waals surface area contributed by atoms with Crippen molar-refractivity contribution in [1.82, 2.24) is 15.1 Å². The molecule has 2 N–H and O–H groups in total. The van der Waals surface area contributed by atoms with Crippen LogP contribution in [0.3, 0.4) is 0 Å². The molecule has 0 spiro atoms. The van der Waals surface area contributed by atoms with Crippen LogP contribution in [0.1, 0.15) is 21.8 Å². The molecule has 3 aromatic rings. The number of carboxylic acids is 1. The third kappa shape index (κ3) is 2.53. The van der Waals surface area contributed by atoms with Gasteiger partial charge in [-0.25, -0.2) is 4.79 Å². The zero-order valence-electron chi connectivity index (χ0n) is 11.5. The molecule has 0 saturated heterocycles. The number of aromatic carboxylic acids is 1. The Labute approximate surface area is 121 Å². The van der Waals surface area contributed by atoms with Crippen molar-refractivity contribution in [2.45, 2.75) is 13.1 Å². The van der Waals surface area contributed by atoms with Crippen molar-refractivity contribution in [3.63, 3.8) is 0 Å². The predicted octanol–water partition coefficient (Wildman–Crippen LogP) is 2.15. The predicted molar refractivity (Wildman–Crippen MR) is 76.9 cm³/mol. The number of aryl methyl sites for hydroxylation is 1. The SMILES string of the molecule is Cn1nccc1CNCc1c(C(=O)O)oc2ccccc12. The van der Waals surface area contributed by atoms with Gasteiger partial charge in [-0.05, 0) is 12.1 Å². The van der Waals surface area contributed by atoms with Crippen LogP contribution < -0.4 is 5.32 Å². The molecule has 0 aliphatic heterocycles. The smallest absolute Gasteiger partial charge is 0.372 e. The van der Waals surface area contributed by atoms with E-state index in [-0.39, 0.29) is 5.76 Å². The summed E-state index contributed by atoms with van der Waals surface area (Å²) in [7, 11) is 1.87. The number of nitrogens with one attached hydrogen (secondary N) is 1. The topological polar surface area (TPSA) is 80.3 Å². The van der Waals surface area contributed by atoms with Crippen LogP contribution >= 0.6 is 0 Å². The summed E-state index contributed by atoms with van der Waals surface area (Å²) in [5.41, 5.74) is 2.28. The monoisotopic (exact) mass is 285 g/mol. The minimum atomic E-state index is -1.05. The first kappa shape index (κ1) is 13.4. The van der Waals surface area contributed by atoms with Crippen LogP contribution in [0.15, 0.2) is 40.9 Å². The average Bonchev–Trinajstić information content (AvgIpc) is 3.04. The van der Waals surface area contributed by atoms with Gasteiger partial charge >= 0.3 is 5.97 Å². The van der Waals surface area contributed by atoms with Crippen molar-refractivity contribution < 1.29 is 14.3 Å². The lowest BCUT2D eigenvalue weighted by Crippen LogP contribution is -2.16. The van der Waals surface area contributed by atoms with Gasteiger partial charge in [-0.3, -0.25) is 4.68 Å². The fourth-order valence-corrected chi connectivity index (χ4v) is 2.34. The van der Waals surface area contributed by atoms with Crippen molar-refractivity contribution in [3.8, 4) is 0 Å². The third-order valence-electron chi connectivity index (χ3n) is 3.42. The van der Waals surface area contributed by atoms with Crippen molar-refractivity contribution >= 4 is 16.9 Å². The van der Waals surface area contributed by atoms with Gasteiger partial charge < -0.3 is 14.8 Å². The van der Waals surface area contributed by atoms with Crippen LogP contribution in [0.5, 0.6) is 0 Å². The first-order valence-corrected chi connectivity index (χ1v) is 6.58. The third-order valence-corrected chi connectivity index (χ3v) is 3.42. The van der Waals surface area contributed by atoms with Gasteiger partial charge in [0.2, 0.25) is 5.76 Å². The number of hydrogen-bond acceptors (Lipinski definition) is 4. The molecule has 0 radical (unpaired) electrons. The summed E-state index contributed by atoms with van der Waals surface area (Å²) in [4.78, 5) is 11.3. The fourth-order valence-electron chi connectivity index (χ4n) is 2.34. The Morgan fingerprint density at radius 3 is 2.86 bits per heavy atom. The van der Waals surface area contributed by atoms with Gasteiger partial charge in [0, 0.05) is 37.3 Å². The molecule has 0 atom stereocenters. The van der Waals surface area contributed by atoms with Gasteiger partial charge in [0.1, 0.15) is 5.58 Å². The molecule has 0 aliphatic rings.